The summed E-state index contributed by atoms with van der Waals surface area (Å²) in [6.45, 7) is 1.25. The van der Waals surface area contributed by atoms with E-state index in [0.29, 0.717) is 18.1 Å². The summed E-state index contributed by atoms with van der Waals surface area (Å²) in [4.78, 5) is 20.2. The summed E-state index contributed by atoms with van der Waals surface area (Å²) >= 11 is 5.88. The number of carbonyl (C=O) groups is 1. The van der Waals surface area contributed by atoms with E-state index in [1.54, 1.807) is 31.4 Å². The maximum absolute atomic E-state index is 12.5. The normalized spacial score (nSPS) is 17.8. The number of methoxy groups -OCH3 is 1. The van der Waals surface area contributed by atoms with E-state index in [0.717, 1.165) is 42.0 Å². The molecular weight excluding hydrogens is 378 g/mol. The fourth-order valence-electron chi connectivity index (χ4n) is 3.60. The lowest BCUT2D eigenvalue weighted by molar-refractivity contribution is -0.0544. The zero-order valence-corrected chi connectivity index (χ0v) is 16.4. The van der Waals surface area contributed by atoms with Crippen molar-refractivity contribution in [3.63, 3.8) is 0 Å². The Bertz CT molecular complexity index is 890. The van der Waals surface area contributed by atoms with E-state index >= 15 is 0 Å². The maximum Gasteiger partial charge on any atom is 0.321 e. The lowest BCUT2D eigenvalue weighted by atomic mass is 9.85. The lowest BCUT2D eigenvalue weighted by Crippen LogP contribution is -2.48. The molecule has 0 atom stereocenters. The molecule has 0 aromatic heterocycles. The Morgan fingerprint density at radius 3 is 2.68 bits per heavy atom. The van der Waals surface area contributed by atoms with Gasteiger partial charge in [0, 0.05) is 48.6 Å². The Labute approximate surface area is 169 Å². The van der Waals surface area contributed by atoms with Gasteiger partial charge in [0.15, 0.2) is 0 Å². The van der Waals surface area contributed by atoms with Crippen LogP contribution in [0.1, 0.15) is 24.8 Å². The third kappa shape index (κ3) is 3.92. The smallest absolute Gasteiger partial charge is 0.321 e. The monoisotopic (exact) mass is 399 g/mol. The number of oxime groups is 1. The number of piperidine rings is 1. The number of urea groups is 1. The molecule has 4 rings (SSSR count). The molecule has 0 unspecified atom stereocenters. The molecule has 146 valence electrons. The van der Waals surface area contributed by atoms with Crippen LogP contribution in [0.4, 0.5) is 10.5 Å². The Morgan fingerprint density at radius 2 is 1.96 bits per heavy atom. The largest absolute Gasteiger partial charge is 0.497 e. The molecule has 0 saturated carbocycles. The van der Waals surface area contributed by atoms with Gasteiger partial charge in [0.05, 0.1) is 12.8 Å². The number of benzene rings is 2. The van der Waals surface area contributed by atoms with E-state index in [4.69, 9.17) is 21.2 Å². The molecule has 2 aliphatic heterocycles. The molecular formula is C21H22ClN3O3. The van der Waals surface area contributed by atoms with Crippen LogP contribution in [-0.2, 0) is 4.84 Å². The van der Waals surface area contributed by atoms with Crippen molar-refractivity contribution in [2.45, 2.75) is 24.9 Å². The second kappa shape index (κ2) is 7.72. The van der Waals surface area contributed by atoms with E-state index in [-0.39, 0.29) is 11.6 Å². The van der Waals surface area contributed by atoms with Crippen LogP contribution in [0.15, 0.2) is 53.7 Å². The second-order valence-corrected chi connectivity index (χ2v) is 7.58. The predicted molar refractivity (Wildman–Crippen MR) is 109 cm³/mol. The quantitative estimate of drug-likeness (QED) is 0.824. The second-order valence-electron chi connectivity index (χ2n) is 7.15. The van der Waals surface area contributed by atoms with Crippen LogP contribution in [-0.4, -0.2) is 42.4 Å². The van der Waals surface area contributed by atoms with Crippen LogP contribution in [0, 0.1) is 0 Å². The number of nitrogens with one attached hydrogen (secondary N) is 1. The average molecular weight is 400 g/mol. The van der Waals surface area contributed by atoms with Gasteiger partial charge in [-0.15, -0.1) is 0 Å². The minimum atomic E-state index is -0.324. The van der Waals surface area contributed by atoms with Crippen molar-refractivity contribution in [1.82, 2.24) is 4.90 Å². The van der Waals surface area contributed by atoms with Crippen LogP contribution < -0.4 is 10.1 Å². The van der Waals surface area contributed by atoms with Gasteiger partial charge in [0.2, 0.25) is 0 Å². The third-order valence-electron chi connectivity index (χ3n) is 5.30. The molecule has 0 bridgehead atoms. The van der Waals surface area contributed by atoms with Crippen molar-refractivity contribution in [2.24, 2.45) is 5.16 Å². The fourth-order valence-corrected chi connectivity index (χ4v) is 3.73. The zero-order valence-electron chi connectivity index (χ0n) is 15.7. The molecule has 1 fully saturated rings. The van der Waals surface area contributed by atoms with Gasteiger partial charge >= 0.3 is 6.03 Å². The molecule has 1 saturated heterocycles. The van der Waals surface area contributed by atoms with Crippen LogP contribution in [0.25, 0.3) is 0 Å². The van der Waals surface area contributed by atoms with Gasteiger partial charge in [-0.1, -0.05) is 28.9 Å². The average Bonchev–Trinajstić information content (AvgIpc) is 3.14. The standard InChI is InChI=1S/C21H22ClN3O3/c1-27-18-4-2-3-15(13-18)19-14-21(28-24-19)9-11-25(12-10-21)20(26)23-17-7-5-16(22)6-8-17/h2-8,13H,9-12,14H2,1H3,(H,23,26). The predicted octanol–water partition coefficient (Wildman–Crippen LogP) is 4.54. The first-order chi connectivity index (χ1) is 13.6. The maximum atomic E-state index is 12.5. The minimum Gasteiger partial charge on any atom is -0.497 e. The molecule has 1 spiro atoms. The third-order valence-corrected chi connectivity index (χ3v) is 5.55. The molecule has 7 heteroatoms. The van der Waals surface area contributed by atoms with Crippen molar-refractivity contribution in [3.05, 3.63) is 59.1 Å². The summed E-state index contributed by atoms with van der Waals surface area (Å²) < 4.78 is 5.29. The molecule has 6 nitrogen and oxygen atoms in total. The number of hydrogen-bond acceptors (Lipinski definition) is 4. The van der Waals surface area contributed by atoms with E-state index in [2.05, 4.69) is 10.5 Å². The van der Waals surface area contributed by atoms with Crippen molar-refractivity contribution < 1.29 is 14.4 Å². The van der Waals surface area contributed by atoms with Gasteiger partial charge in [-0.2, -0.15) is 0 Å². The van der Waals surface area contributed by atoms with Gasteiger partial charge in [-0.25, -0.2) is 4.79 Å². The minimum absolute atomic E-state index is 0.107. The Hall–Kier alpha value is -2.73. The number of carbonyl (C=O) groups excluding carboxylic acids is 1. The molecule has 1 N–H and O–H groups in total. The summed E-state index contributed by atoms with van der Waals surface area (Å²) in [5, 5.41) is 7.89. The number of anilines is 1. The highest BCUT2D eigenvalue weighted by Crippen LogP contribution is 2.36. The lowest BCUT2D eigenvalue weighted by Gasteiger charge is -2.37. The zero-order chi connectivity index (χ0) is 19.6. The van der Waals surface area contributed by atoms with Crippen LogP contribution >= 0.6 is 11.6 Å². The van der Waals surface area contributed by atoms with Crippen molar-refractivity contribution in [2.75, 3.05) is 25.5 Å². The first kappa shape index (κ1) is 18.6. The summed E-state index contributed by atoms with van der Waals surface area (Å²) in [6.07, 6.45) is 2.24. The SMILES string of the molecule is COc1cccc(C2=NOC3(CCN(C(=O)Nc4ccc(Cl)cc4)CC3)C2)c1. The molecule has 2 aliphatic rings. The highest BCUT2D eigenvalue weighted by atomic mass is 35.5. The molecule has 0 aliphatic carbocycles. The first-order valence-corrected chi connectivity index (χ1v) is 9.66. The van der Waals surface area contributed by atoms with Crippen LogP contribution in [0.3, 0.4) is 0 Å². The number of halogens is 1. The highest BCUT2D eigenvalue weighted by molar-refractivity contribution is 6.30. The van der Waals surface area contributed by atoms with Gasteiger partial charge in [0.25, 0.3) is 0 Å². The van der Waals surface area contributed by atoms with E-state index in [9.17, 15) is 4.79 Å². The van der Waals surface area contributed by atoms with E-state index in [1.807, 2.05) is 29.2 Å². The van der Waals surface area contributed by atoms with Gasteiger partial charge in [-0.3, -0.25) is 0 Å². The first-order valence-electron chi connectivity index (χ1n) is 9.28. The van der Waals surface area contributed by atoms with Crippen molar-refractivity contribution in [1.29, 1.82) is 0 Å². The summed E-state index contributed by atoms with van der Waals surface area (Å²) in [6, 6.07) is 14.8. The Balaban J connectivity index is 1.34. The summed E-state index contributed by atoms with van der Waals surface area (Å²) in [7, 11) is 1.65. The topological polar surface area (TPSA) is 63.2 Å². The van der Waals surface area contributed by atoms with Crippen molar-refractivity contribution in [3.8, 4) is 5.75 Å². The number of hydrogen-bond donors (Lipinski definition) is 1. The number of nitrogens with zero attached hydrogens (tertiary/aromatic N) is 2. The summed E-state index contributed by atoms with van der Waals surface area (Å²) in [5.74, 6) is 0.801. The molecule has 2 aromatic rings. The Kier molecular flexibility index (Phi) is 5.13. The molecule has 28 heavy (non-hydrogen) atoms. The molecule has 2 amide bonds. The fraction of sp³-hybridized carbons (Fsp3) is 0.333. The van der Waals surface area contributed by atoms with Crippen LogP contribution in [0.5, 0.6) is 5.75 Å². The number of amides is 2. The van der Waals surface area contributed by atoms with Gasteiger partial charge < -0.3 is 19.8 Å². The van der Waals surface area contributed by atoms with Gasteiger partial charge in [0.1, 0.15) is 11.4 Å². The molecule has 2 heterocycles. The Morgan fingerprint density at radius 1 is 1.21 bits per heavy atom. The molecule has 2 aromatic carbocycles. The molecule has 0 radical (unpaired) electrons. The highest BCUT2D eigenvalue weighted by Gasteiger charge is 2.43. The van der Waals surface area contributed by atoms with Crippen LogP contribution in [0.2, 0.25) is 5.02 Å². The van der Waals surface area contributed by atoms with E-state index < -0.39 is 0 Å². The van der Waals surface area contributed by atoms with Gasteiger partial charge in [-0.05, 0) is 36.4 Å². The number of ether oxygens (including phenoxy) is 1. The number of rotatable bonds is 3. The number of likely N-dealkylation sites (tertiary alicyclic amines) is 1. The van der Waals surface area contributed by atoms with E-state index in [1.165, 1.54) is 0 Å². The summed E-state index contributed by atoms with van der Waals surface area (Å²) in [5.41, 5.74) is 2.35. The van der Waals surface area contributed by atoms with Crippen molar-refractivity contribution >= 4 is 29.0 Å².